The van der Waals surface area contributed by atoms with Crippen LogP contribution in [0.3, 0.4) is 0 Å². The van der Waals surface area contributed by atoms with Gasteiger partial charge in [0, 0.05) is 18.4 Å². The first kappa shape index (κ1) is 17.3. The fourth-order valence-corrected chi connectivity index (χ4v) is 3.74. The largest absolute Gasteiger partial charge is 0.308 e. The molecule has 0 radical (unpaired) electrons. The highest BCUT2D eigenvalue weighted by Gasteiger charge is 2.27. The molecule has 3 aromatic rings. The molecule has 0 unspecified atom stereocenters. The topological polar surface area (TPSA) is 110 Å². The molecule has 138 valence electrons. The third-order valence-corrected chi connectivity index (χ3v) is 5.84. The third kappa shape index (κ3) is 3.09. The molecule has 0 saturated carbocycles. The summed E-state index contributed by atoms with van der Waals surface area (Å²) in [4.78, 5) is 22.7. The first-order valence-corrected chi connectivity index (χ1v) is 9.67. The number of aromatic nitrogens is 4. The van der Waals surface area contributed by atoms with Gasteiger partial charge in [0.1, 0.15) is 12.7 Å². The Hall–Kier alpha value is -3.11. The van der Waals surface area contributed by atoms with Crippen LogP contribution in [0.15, 0.2) is 54.1 Å². The molecule has 0 saturated heterocycles. The maximum absolute atomic E-state index is 12.9. The van der Waals surface area contributed by atoms with Crippen LogP contribution >= 0.6 is 0 Å². The Morgan fingerprint density at radius 3 is 2.74 bits per heavy atom. The second-order valence-electron chi connectivity index (χ2n) is 5.95. The summed E-state index contributed by atoms with van der Waals surface area (Å²) in [6, 6.07) is 8.18. The van der Waals surface area contributed by atoms with Gasteiger partial charge < -0.3 is 4.90 Å². The summed E-state index contributed by atoms with van der Waals surface area (Å²) in [5.41, 5.74) is 1.95. The quantitative estimate of drug-likeness (QED) is 0.712. The fraction of sp³-hybridized carbons (Fsp3) is 0.176. The smallest absolute Gasteiger partial charge is 0.259 e. The lowest BCUT2D eigenvalue weighted by molar-refractivity contribution is 0.0989. The van der Waals surface area contributed by atoms with E-state index in [1.54, 1.807) is 29.2 Å². The number of hydrogen-bond donors (Lipinski definition) is 1. The number of carbonyl (C=O) groups excluding carboxylic acids is 1. The van der Waals surface area contributed by atoms with Crippen molar-refractivity contribution < 1.29 is 13.2 Å². The minimum Gasteiger partial charge on any atom is -0.308 e. The van der Waals surface area contributed by atoms with Gasteiger partial charge in [-0.05, 0) is 43.3 Å². The van der Waals surface area contributed by atoms with Crippen molar-refractivity contribution in [3.63, 3.8) is 0 Å². The molecule has 27 heavy (non-hydrogen) atoms. The normalized spacial score (nSPS) is 13.6. The zero-order chi connectivity index (χ0) is 19.0. The highest BCUT2D eigenvalue weighted by Crippen LogP contribution is 2.31. The van der Waals surface area contributed by atoms with Crippen molar-refractivity contribution in [2.75, 3.05) is 18.5 Å². The maximum atomic E-state index is 12.9. The number of nitrogens with zero attached hydrogens (tertiary/aromatic N) is 5. The third-order valence-electron chi connectivity index (χ3n) is 4.42. The van der Waals surface area contributed by atoms with E-state index < -0.39 is 10.0 Å². The van der Waals surface area contributed by atoms with Gasteiger partial charge in [-0.15, -0.1) is 0 Å². The van der Waals surface area contributed by atoms with E-state index in [0.717, 1.165) is 5.56 Å². The number of rotatable bonds is 4. The van der Waals surface area contributed by atoms with Crippen LogP contribution in [0.5, 0.6) is 0 Å². The van der Waals surface area contributed by atoms with Gasteiger partial charge in [0.15, 0.2) is 5.82 Å². The van der Waals surface area contributed by atoms with Gasteiger partial charge in [0.25, 0.3) is 5.91 Å². The summed E-state index contributed by atoms with van der Waals surface area (Å²) in [6.45, 7) is 0.488. The molecule has 0 fully saturated rings. The van der Waals surface area contributed by atoms with Crippen LogP contribution in [-0.4, -0.2) is 47.7 Å². The summed E-state index contributed by atoms with van der Waals surface area (Å²) in [6.07, 6.45) is 5.07. The molecule has 10 heteroatoms. The predicted molar refractivity (Wildman–Crippen MR) is 97.2 cm³/mol. The Bertz CT molecular complexity index is 1090. The highest BCUT2D eigenvalue weighted by atomic mass is 32.2. The number of benzene rings is 1. The molecule has 0 aliphatic carbocycles. The van der Waals surface area contributed by atoms with Crippen molar-refractivity contribution in [1.29, 1.82) is 0 Å². The first-order valence-electron chi connectivity index (χ1n) is 8.19. The van der Waals surface area contributed by atoms with Crippen LogP contribution in [0, 0.1) is 0 Å². The Morgan fingerprint density at radius 2 is 2.07 bits per heavy atom. The van der Waals surface area contributed by atoms with Gasteiger partial charge in [-0.25, -0.2) is 27.8 Å². The van der Waals surface area contributed by atoms with Crippen LogP contribution in [0.1, 0.15) is 15.9 Å². The molecule has 1 aliphatic heterocycles. The number of amides is 1. The monoisotopic (exact) mass is 384 g/mol. The number of anilines is 1. The number of carbonyl (C=O) groups is 1. The molecular weight excluding hydrogens is 368 g/mol. The van der Waals surface area contributed by atoms with E-state index in [0.29, 0.717) is 30.0 Å². The van der Waals surface area contributed by atoms with E-state index >= 15 is 0 Å². The number of fused-ring (bicyclic) bond motifs is 1. The van der Waals surface area contributed by atoms with E-state index in [2.05, 4.69) is 19.8 Å². The van der Waals surface area contributed by atoms with E-state index in [1.165, 1.54) is 36.6 Å². The molecule has 4 rings (SSSR count). The molecule has 1 N–H and O–H groups in total. The molecule has 0 bridgehead atoms. The molecule has 9 nitrogen and oxygen atoms in total. The molecule has 1 aliphatic rings. The fourth-order valence-electron chi connectivity index (χ4n) is 2.99. The lowest BCUT2D eigenvalue weighted by Crippen LogP contribution is -2.29. The van der Waals surface area contributed by atoms with Crippen LogP contribution in [0.25, 0.3) is 5.82 Å². The lowest BCUT2D eigenvalue weighted by Gasteiger charge is -2.18. The Balaban J connectivity index is 1.64. The molecular formula is C17H16N6O3S. The van der Waals surface area contributed by atoms with Gasteiger partial charge in [-0.1, -0.05) is 6.07 Å². The van der Waals surface area contributed by atoms with Crippen LogP contribution in [0.2, 0.25) is 0 Å². The summed E-state index contributed by atoms with van der Waals surface area (Å²) in [5.74, 6) is 0.318. The molecule has 1 amide bonds. The van der Waals surface area contributed by atoms with Crippen molar-refractivity contribution in [3.05, 3.63) is 60.3 Å². The van der Waals surface area contributed by atoms with Crippen molar-refractivity contribution in [3.8, 4) is 5.82 Å². The van der Waals surface area contributed by atoms with Crippen molar-refractivity contribution in [1.82, 2.24) is 24.5 Å². The first-order chi connectivity index (χ1) is 13.0. The van der Waals surface area contributed by atoms with Crippen LogP contribution in [0.4, 0.5) is 5.69 Å². The summed E-state index contributed by atoms with van der Waals surface area (Å²) in [5, 5.41) is 3.99. The van der Waals surface area contributed by atoms with E-state index in [1.807, 2.05) is 0 Å². The summed E-state index contributed by atoms with van der Waals surface area (Å²) >= 11 is 0. The zero-order valence-corrected chi connectivity index (χ0v) is 15.2. The average Bonchev–Trinajstić information content (AvgIpc) is 3.37. The predicted octanol–water partition coefficient (Wildman–Crippen LogP) is 0.773. The summed E-state index contributed by atoms with van der Waals surface area (Å²) < 4.78 is 27.9. The number of sulfonamides is 1. The minimum atomic E-state index is -3.58. The molecule has 0 atom stereocenters. The molecule has 2 aromatic heterocycles. The Labute approximate surface area is 155 Å². The van der Waals surface area contributed by atoms with Gasteiger partial charge >= 0.3 is 0 Å². The van der Waals surface area contributed by atoms with E-state index in [9.17, 15) is 13.2 Å². The Morgan fingerprint density at radius 1 is 1.22 bits per heavy atom. The lowest BCUT2D eigenvalue weighted by atomic mass is 10.2. The van der Waals surface area contributed by atoms with Gasteiger partial charge in [0.2, 0.25) is 10.0 Å². The number of pyridine rings is 1. The average molecular weight is 384 g/mol. The standard InChI is InChI=1S/C17H16N6O3S/c1-18-27(25,26)14-4-2-12-6-7-22(15(12)8-14)17(24)13-3-5-16(20-9-13)23-11-19-10-21-23/h2-5,8-11,18H,6-7H2,1H3. The molecule has 3 heterocycles. The molecule has 1 aromatic carbocycles. The van der Waals surface area contributed by atoms with Crippen molar-refractivity contribution in [2.24, 2.45) is 0 Å². The van der Waals surface area contributed by atoms with E-state index in [4.69, 9.17) is 0 Å². The van der Waals surface area contributed by atoms with Crippen LogP contribution < -0.4 is 9.62 Å². The van der Waals surface area contributed by atoms with Gasteiger partial charge in [-0.2, -0.15) is 5.10 Å². The Kier molecular flexibility index (Phi) is 4.21. The number of nitrogens with one attached hydrogen (secondary N) is 1. The SMILES string of the molecule is CNS(=O)(=O)c1ccc2c(c1)N(C(=O)c1ccc(-n3cncn3)nc1)CC2. The van der Waals surface area contributed by atoms with E-state index in [-0.39, 0.29) is 10.8 Å². The van der Waals surface area contributed by atoms with Gasteiger partial charge in [-0.3, -0.25) is 4.79 Å². The van der Waals surface area contributed by atoms with Crippen molar-refractivity contribution in [2.45, 2.75) is 11.3 Å². The van der Waals surface area contributed by atoms with Crippen molar-refractivity contribution >= 4 is 21.6 Å². The highest BCUT2D eigenvalue weighted by molar-refractivity contribution is 7.89. The van der Waals surface area contributed by atoms with Crippen LogP contribution in [-0.2, 0) is 16.4 Å². The molecule has 0 spiro atoms. The summed E-state index contributed by atoms with van der Waals surface area (Å²) in [7, 11) is -2.23. The second-order valence-corrected chi connectivity index (χ2v) is 7.84. The zero-order valence-electron chi connectivity index (χ0n) is 14.4. The maximum Gasteiger partial charge on any atom is 0.259 e. The minimum absolute atomic E-state index is 0.128. The second kappa shape index (κ2) is 6.56. The number of hydrogen-bond acceptors (Lipinski definition) is 6. The van der Waals surface area contributed by atoms with Gasteiger partial charge in [0.05, 0.1) is 10.5 Å².